The van der Waals surface area contributed by atoms with Crippen molar-refractivity contribution in [3.05, 3.63) is 0 Å². The van der Waals surface area contributed by atoms with Gasteiger partial charge in [-0.05, 0) is 0 Å². The summed E-state index contributed by atoms with van der Waals surface area (Å²) in [5, 5.41) is 301. The van der Waals surface area contributed by atoms with Crippen LogP contribution < -0.4 is 10.6 Å². The average molecular weight is 1560 g/mol. The summed E-state index contributed by atoms with van der Waals surface area (Å²) < 4.78 is 98.8. The van der Waals surface area contributed by atoms with Crippen molar-refractivity contribution < 1.29 is 228 Å². The van der Waals surface area contributed by atoms with Crippen LogP contribution in [0.1, 0.15) is 13.8 Å². The van der Waals surface area contributed by atoms with Crippen molar-refractivity contribution in [2.75, 3.05) is 59.5 Å². The Labute approximate surface area is 598 Å². The van der Waals surface area contributed by atoms with Crippen LogP contribution in [0.3, 0.4) is 0 Å². The quantitative estimate of drug-likeness (QED) is 0.0363. The lowest BCUT2D eigenvalue weighted by molar-refractivity contribution is -0.399. The van der Waals surface area contributed by atoms with Gasteiger partial charge in [0.05, 0.1) is 59.5 Å². The van der Waals surface area contributed by atoms with E-state index in [1.807, 2.05) is 0 Å². The molecular formula is C58H98N2O46. The summed E-state index contributed by atoms with van der Waals surface area (Å²) >= 11 is 0. The lowest BCUT2D eigenvalue weighted by Gasteiger charge is -2.50. The molecule has 0 aromatic heterocycles. The second-order valence-electron chi connectivity index (χ2n) is 26.7. The third kappa shape index (κ3) is 18.7. The van der Waals surface area contributed by atoms with Gasteiger partial charge in [-0.15, -0.1) is 0 Å². The molecule has 9 saturated heterocycles. The Morgan fingerprint density at radius 2 is 0.519 bits per heavy atom. The van der Waals surface area contributed by atoms with E-state index in [4.69, 9.17) is 80.5 Å². The first-order chi connectivity index (χ1) is 50.2. The number of ether oxygens (including phenoxy) is 17. The normalized spacial score (nSPS) is 51.2. The molecule has 0 aromatic carbocycles. The number of amides is 2. The van der Waals surface area contributed by atoms with Crippen LogP contribution in [0.4, 0.5) is 0 Å². The zero-order valence-corrected chi connectivity index (χ0v) is 56.2. The Morgan fingerprint density at radius 1 is 0.245 bits per heavy atom. The number of carbonyl (C=O) groups is 2. The molecule has 45 atom stereocenters. The van der Waals surface area contributed by atoms with Gasteiger partial charge in [-0.25, -0.2) is 0 Å². The van der Waals surface area contributed by atoms with Crippen molar-refractivity contribution in [3.63, 3.8) is 0 Å². The molecule has 2 amide bonds. The molecule has 0 radical (unpaired) electrons. The molecule has 48 nitrogen and oxygen atoms in total. The highest BCUT2D eigenvalue weighted by atomic mass is 16.8. The van der Waals surface area contributed by atoms with Gasteiger partial charge in [0.2, 0.25) is 11.8 Å². The van der Waals surface area contributed by atoms with E-state index in [9.17, 15) is 147 Å². The number of hydrogen-bond donors (Lipinski definition) is 29. The molecule has 0 aliphatic carbocycles. The molecule has 9 aliphatic heterocycles. The van der Waals surface area contributed by atoms with Gasteiger partial charge >= 0.3 is 0 Å². The first-order valence-electron chi connectivity index (χ1n) is 33.7. The molecule has 0 spiro atoms. The Balaban J connectivity index is 1.05. The van der Waals surface area contributed by atoms with Gasteiger partial charge in [0.1, 0.15) is 220 Å². The fourth-order valence-electron chi connectivity index (χ4n) is 13.5. The molecule has 616 valence electrons. The number of aliphatic hydroxyl groups excluding tert-OH is 27. The minimum atomic E-state index is -2.54. The standard InChI is InChI=1S/C58H98N2O46/c1-12(68)59-23-32(77)44(19(8-66)92-50(23)89)101-51-24(60-13(2)69)33(78)45(20(9-67)98-51)102-56-43(88)47(104-58-49(38(83)29(74)18(7-65)97-58)106-55-41(86)36(81)27(72)16(5-63)95-55)31(76)22(100-56)10-90-52-42(87)46(103-53-39(84)34(79)25(70)14(3-61)93-53)30(75)21(99-52)11-91-57-48(37(82)28(73)17(6-64)96-57)105-54-40(85)35(80)26(71)15(4-62)94-54/h14-58,61-67,70-89H,3-11H2,1-2H3,(H,59,68)(H,60,69)/t14-,15-,16-,17-,18-,19-,20-,21-,22-,23-,24-,25-,26-,27-,28-,29-,30-,31-,32-,33-,34+,35+,36+,37+,38+,39+,40+,41+,42-,43+,44-,45-,46+,47+,48+,49+,50?,51+,52+,53-,54-,55-,56+,57+,58-/m1/s1. The van der Waals surface area contributed by atoms with Gasteiger partial charge in [0.15, 0.2) is 56.6 Å². The monoisotopic (exact) mass is 1560 g/mol. The molecule has 9 heterocycles. The largest absolute Gasteiger partial charge is 0.394 e. The maximum atomic E-state index is 12.9. The number of hydrogen-bond acceptors (Lipinski definition) is 46. The summed E-state index contributed by atoms with van der Waals surface area (Å²) in [5.41, 5.74) is 0. The van der Waals surface area contributed by atoms with Crippen LogP contribution in [0, 0.1) is 0 Å². The third-order valence-corrected chi connectivity index (χ3v) is 19.5. The van der Waals surface area contributed by atoms with Gasteiger partial charge in [-0.2, -0.15) is 0 Å². The van der Waals surface area contributed by atoms with Crippen molar-refractivity contribution >= 4 is 11.8 Å². The van der Waals surface area contributed by atoms with Crippen molar-refractivity contribution in [3.8, 4) is 0 Å². The highest BCUT2D eigenvalue weighted by Crippen LogP contribution is 2.39. The fourth-order valence-corrected chi connectivity index (χ4v) is 13.5. The third-order valence-electron chi connectivity index (χ3n) is 19.5. The van der Waals surface area contributed by atoms with Gasteiger partial charge in [-0.3, -0.25) is 9.59 Å². The van der Waals surface area contributed by atoms with Crippen LogP contribution in [0.2, 0.25) is 0 Å². The Bertz CT molecular complexity index is 2710. The molecule has 9 aliphatic rings. The molecule has 0 saturated carbocycles. The molecule has 9 rings (SSSR count). The predicted molar refractivity (Wildman–Crippen MR) is 320 cm³/mol. The maximum absolute atomic E-state index is 12.9. The van der Waals surface area contributed by atoms with Crippen LogP contribution in [0.25, 0.3) is 0 Å². The molecule has 0 aromatic rings. The zero-order chi connectivity index (χ0) is 77.9. The van der Waals surface area contributed by atoms with E-state index >= 15 is 0 Å². The van der Waals surface area contributed by atoms with Crippen LogP contribution in [0.15, 0.2) is 0 Å². The van der Waals surface area contributed by atoms with Crippen molar-refractivity contribution in [2.24, 2.45) is 0 Å². The number of carbonyl (C=O) groups excluding carboxylic acids is 2. The molecule has 48 heteroatoms. The average Bonchev–Trinajstić information content (AvgIpc) is 0.780. The number of rotatable bonds is 27. The molecule has 29 N–H and O–H groups in total. The van der Waals surface area contributed by atoms with E-state index in [0.29, 0.717) is 0 Å². The maximum Gasteiger partial charge on any atom is 0.217 e. The van der Waals surface area contributed by atoms with Crippen molar-refractivity contribution in [1.82, 2.24) is 10.6 Å². The summed E-state index contributed by atoms with van der Waals surface area (Å²) in [6.45, 7) is -7.76. The lowest BCUT2D eigenvalue weighted by atomic mass is 9.94. The summed E-state index contributed by atoms with van der Waals surface area (Å²) in [4.78, 5) is 25.0. The minimum absolute atomic E-state index is 0.783. The Morgan fingerprint density at radius 3 is 0.934 bits per heavy atom. The van der Waals surface area contributed by atoms with Crippen LogP contribution >= 0.6 is 0 Å². The van der Waals surface area contributed by atoms with Crippen LogP contribution in [-0.4, -0.2) is 485 Å². The first-order valence-corrected chi connectivity index (χ1v) is 33.7. The van der Waals surface area contributed by atoms with E-state index in [1.54, 1.807) is 0 Å². The van der Waals surface area contributed by atoms with Gasteiger partial charge in [-0.1, -0.05) is 0 Å². The van der Waals surface area contributed by atoms with E-state index in [1.165, 1.54) is 0 Å². The molecule has 1 unspecified atom stereocenters. The van der Waals surface area contributed by atoms with E-state index < -0.39 is 348 Å². The van der Waals surface area contributed by atoms with Crippen LogP contribution in [-0.2, 0) is 90.1 Å². The second kappa shape index (κ2) is 37.9. The summed E-state index contributed by atoms with van der Waals surface area (Å²) in [7, 11) is 0. The Kier molecular flexibility index (Phi) is 31.1. The van der Waals surface area contributed by atoms with Gasteiger partial charge in [0, 0.05) is 13.8 Å². The summed E-state index contributed by atoms with van der Waals surface area (Å²) in [6.07, 6.45) is -90.3. The summed E-state index contributed by atoms with van der Waals surface area (Å²) in [6, 6.07) is -3.55. The topological polar surface area (TPSA) is 761 Å². The highest BCUT2D eigenvalue weighted by Gasteiger charge is 2.60. The van der Waals surface area contributed by atoms with E-state index in [-0.39, 0.29) is 0 Å². The van der Waals surface area contributed by atoms with Crippen molar-refractivity contribution in [2.45, 2.75) is 290 Å². The van der Waals surface area contributed by atoms with Gasteiger partial charge < -0.3 is 229 Å². The number of nitrogens with one attached hydrogen (secondary N) is 2. The SMILES string of the molecule is CC(=O)N[C@H]1[C@H](O[C@H]2[C@H](O)[C@@H](NC(C)=O)C(O)O[C@@H]2CO)O[C@H](CO)[C@@H](O[C@@H]2O[C@H](CO[C@H]3O[C@H](CO[C@H]4O[C@H](CO)[C@@H](O)[C@H](O)[C@@H]4O[C@H]4O[C@H](CO)[C@@H](O)[C@H](O)[C@@H]4O)[C@@H](O)[C@H](O[C@H]4O[C@H](CO)[C@@H](O)[C@H](O)[C@@H]4O)[C@H]3O)[C@@H](O)[C@H](O[C@H]3O[C@H](CO)[C@@H](O)[C@H](O)[C@@H]3O[C@H]3O[C@H](CO)[C@@H](O)[C@H](O)[C@@H]3O)[C@@H]2O)[C@@H]1O. The highest BCUT2D eigenvalue weighted by molar-refractivity contribution is 5.73. The lowest BCUT2D eigenvalue weighted by Crippen LogP contribution is -2.70. The molecular weight excluding hydrogens is 1460 g/mol. The molecule has 106 heavy (non-hydrogen) atoms. The predicted octanol–water partition coefficient (Wildman–Crippen LogP) is -20.3. The van der Waals surface area contributed by atoms with E-state index in [2.05, 4.69) is 10.6 Å². The van der Waals surface area contributed by atoms with Crippen molar-refractivity contribution in [1.29, 1.82) is 0 Å². The van der Waals surface area contributed by atoms with E-state index in [0.717, 1.165) is 13.8 Å². The van der Waals surface area contributed by atoms with Gasteiger partial charge in [0.25, 0.3) is 0 Å². The fraction of sp³-hybridized carbons (Fsp3) is 0.966. The smallest absolute Gasteiger partial charge is 0.217 e. The first kappa shape index (κ1) is 87.2. The molecule has 9 fully saturated rings. The van der Waals surface area contributed by atoms with Crippen LogP contribution in [0.5, 0.6) is 0 Å². The Hall–Kier alpha value is -2.82. The second-order valence-corrected chi connectivity index (χ2v) is 26.7. The minimum Gasteiger partial charge on any atom is -0.394 e. The zero-order valence-electron chi connectivity index (χ0n) is 56.2. The number of aliphatic hydroxyl groups is 27. The molecule has 0 bridgehead atoms. The summed E-state index contributed by atoms with van der Waals surface area (Å²) in [5.74, 6) is -1.72.